The second-order valence-electron chi connectivity index (χ2n) is 6.90. The quantitative estimate of drug-likeness (QED) is 0.460. The van der Waals surface area contributed by atoms with Gasteiger partial charge >= 0.3 is 5.69 Å². The van der Waals surface area contributed by atoms with E-state index >= 15 is 0 Å². The monoisotopic (exact) mass is 410 g/mol. The van der Waals surface area contributed by atoms with Crippen molar-refractivity contribution in [2.75, 3.05) is 0 Å². The molecule has 0 bridgehead atoms. The van der Waals surface area contributed by atoms with E-state index in [1.807, 2.05) is 0 Å². The number of benzene rings is 2. The van der Waals surface area contributed by atoms with E-state index in [-0.39, 0.29) is 11.8 Å². The summed E-state index contributed by atoms with van der Waals surface area (Å²) in [7, 11) is 0. The summed E-state index contributed by atoms with van der Waals surface area (Å²) in [6.07, 6.45) is -1.49. The second kappa shape index (κ2) is 8.75. The average Bonchev–Trinajstić information content (AvgIpc) is 2.71. The predicted octanol–water partition coefficient (Wildman–Crippen LogP) is -0.911. The summed E-state index contributed by atoms with van der Waals surface area (Å²) in [6.45, 7) is 1.18. The topological polar surface area (TPSA) is 144 Å². The van der Waals surface area contributed by atoms with Crippen molar-refractivity contribution in [2.45, 2.75) is 31.5 Å². The Balaban J connectivity index is 2.12. The number of carbonyl (C=O) groups excluding carboxylic acids is 2. The predicted molar refractivity (Wildman–Crippen MR) is 107 cm³/mol. The molecule has 0 saturated heterocycles. The zero-order valence-corrected chi connectivity index (χ0v) is 16.1. The first-order valence-electron chi connectivity index (χ1n) is 9.26. The molecule has 0 aliphatic heterocycles. The van der Waals surface area contributed by atoms with Crippen LogP contribution in [0.4, 0.5) is 0 Å². The molecular formula is C21H20N3O6-. The summed E-state index contributed by atoms with van der Waals surface area (Å²) in [6, 6.07) is 12.0. The number of hydrogen-bond donors (Lipinski definition) is 3. The summed E-state index contributed by atoms with van der Waals surface area (Å²) < 4.78 is 0.763. The van der Waals surface area contributed by atoms with E-state index in [2.05, 4.69) is 10.3 Å². The number of fused-ring (bicyclic) bond motifs is 1. The Morgan fingerprint density at radius 2 is 1.73 bits per heavy atom. The molecule has 30 heavy (non-hydrogen) atoms. The van der Waals surface area contributed by atoms with Crippen molar-refractivity contribution < 1.29 is 19.8 Å². The number of nitrogens with zero attached hydrogens (tertiary/aromatic N) is 1. The molecule has 1 amide bonds. The number of carbonyl (C=O) groups is 2. The number of aliphatic hydroxyl groups excluding tert-OH is 1. The highest BCUT2D eigenvalue weighted by atomic mass is 16.4. The van der Waals surface area contributed by atoms with Crippen LogP contribution in [-0.2, 0) is 16.0 Å². The van der Waals surface area contributed by atoms with E-state index in [4.69, 9.17) is 0 Å². The fraction of sp³-hybridized carbons (Fsp3) is 0.238. The normalized spacial score (nSPS) is 14.1. The molecule has 0 aliphatic carbocycles. The minimum Gasteiger partial charge on any atom is -0.548 e. The Hall–Kier alpha value is -3.72. The van der Waals surface area contributed by atoms with Crippen LogP contribution in [0.5, 0.6) is 0 Å². The Bertz CT molecular complexity index is 1180. The van der Waals surface area contributed by atoms with Crippen LogP contribution in [0.2, 0.25) is 0 Å². The molecule has 3 aromatic rings. The molecule has 0 unspecified atom stereocenters. The van der Waals surface area contributed by atoms with E-state index in [0.29, 0.717) is 11.1 Å². The van der Waals surface area contributed by atoms with Gasteiger partial charge in [0.15, 0.2) is 0 Å². The molecule has 0 fully saturated rings. The van der Waals surface area contributed by atoms with Gasteiger partial charge in [0.25, 0.3) is 5.56 Å². The lowest BCUT2D eigenvalue weighted by Gasteiger charge is -2.26. The van der Waals surface area contributed by atoms with Crippen LogP contribution < -0.4 is 21.7 Å². The molecule has 156 valence electrons. The van der Waals surface area contributed by atoms with E-state index in [1.54, 1.807) is 48.5 Å². The highest BCUT2D eigenvalue weighted by molar-refractivity contribution is 5.86. The Kier molecular flexibility index (Phi) is 6.12. The number of carboxylic acid groups (broad SMARTS) is 1. The van der Waals surface area contributed by atoms with Gasteiger partial charge in [-0.15, -0.1) is 0 Å². The van der Waals surface area contributed by atoms with Crippen molar-refractivity contribution in [3.05, 3.63) is 81.0 Å². The molecule has 3 atom stereocenters. The lowest BCUT2D eigenvalue weighted by Crippen LogP contribution is -2.56. The number of amides is 1. The lowest BCUT2D eigenvalue weighted by atomic mass is 10.0. The van der Waals surface area contributed by atoms with Gasteiger partial charge in [-0.3, -0.25) is 9.59 Å². The van der Waals surface area contributed by atoms with Gasteiger partial charge in [-0.1, -0.05) is 42.5 Å². The third kappa shape index (κ3) is 4.31. The standard InChI is InChI=1S/C21H21N3O6/c1-12(25)17(20(28)29)23-18(26)16(11-13-7-3-2-4-8-13)24-19(27)14-9-5-6-10-15(14)22-21(24)30/h2-10,12,16-17,25H,11H2,1H3,(H,22,30)(H,23,26)(H,28,29)/p-1/t12-,16-,17-/m0/s1. The highest BCUT2D eigenvalue weighted by Gasteiger charge is 2.29. The maximum Gasteiger partial charge on any atom is 0.329 e. The zero-order chi connectivity index (χ0) is 21.8. The third-order valence-corrected chi connectivity index (χ3v) is 4.76. The fourth-order valence-electron chi connectivity index (χ4n) is 3.22. The molecule has 1 heterocycles. The van der Waals surface area contributed by atoms with Crippen LogP contribution in [0.15, 0.2) is 64.2 Å². The molecule has 2 aromatic carbocycles. The van der Waals surface area contributed by atoms with Crippen molar-refractivity contribution in [1.82, 2.24) is 14.9 Å². The number of hydrogen-bond acceptors (Lipinski definition) is 6. The molecular weight excluding hydrogens is 390 g/mol. The largest absolute Gasteiger partial charge is 0.548 e. The minimum absolute atomic E-state index is 0.0480. The van der Waals surface area contributed by atoms with Gasteiger partial charge in [-0.25, -0.2) is 9.36 Å². The Labute approximate surface area is 170 Å². The van der Waals surface area contributed by atoms with Crippen molar-refractivity contribution in [3.63, 3.8) is 0 Å². The van der Waals surface area contributed by atoms with Gasteiger partial charge in [-0.2, -0.15) is 0 Å². The highest BCUT2D eigenvalue weighted by Crippen LogP contribution is 2.14. The molecule has 3 rings (SSSR count). The lowest BCUT2D eigenvalue weighted by molar-refractivity contribution is -0.310. The Morgan fingerprint density at radius 1 is 1.10 bits per heavy atom. The summed E-state index contributed by atoms with van der Waals surface area (Å²) in [5.41, 5.74) is -0.525. The average molecular weight is 410 g/mol. The molecule has 0 radical (unpaired) electrons. The van der Waals surface area contributed by atoms with Gasteiger partial charge in [0.2, 0.25) is 5.91 Å². The first-order chi connectivity index (χ1) is 14.3. The fourth-order valence-corrected chi connectivity index (χ4v) is 3.22. The summed E-state index contributed by atoms with van der Waals surface area (Å²) in [4.78, 5) is 52.5. The van der Waals surface area contributed by atoms with Crippen molar-refractivity contribution in [1.29, 1.82) is 0 Å². The van der Waals surface area contributed by atoms with Gasteiger partial charge < -0.3 is 25.3 Å². The van der Waals surface area contributed by atoms with Crippen molar-refractivity contribution in [3.8, 4) is 0 Å². The van der Waals surface area contributed by atoms with Crippen LogP contribution in [-0.4, -0.2) is 38.7 Å². The molecule has 0 aliphatic rings. The van der Waals surface area contributed by atoms with E-state index in [0.717, 1.165) is 4.57 Å². The summed E-state index contributed by atoms with van der Waals surface area (Å²) >= 11 is 0. The minimum atomic E-state index is -1.70. The maximum absolute atomic E-state index is 13.0. The van der Waals surface area contributed by atoms with Gasteiger partial charge in [0.1, 0.15) is 6.04 Å². The molecule has 9 heteroatoms. The molecule has 0 saturated carbocycles. The van der Waals surface area contributed by atoms with Crippen molar-refractivity contribution in [2.24, 2.45) is 0 Å². The molecule has 0 spiro atoms. The van der Waals surface area contributed by atoms with E-state index in [9.17, 15) is 29.4 Å². The number of rotatable bonds is 7. The number of aliphatic carboxylic acids is 1. The van der Waals surface area contributed by atoms with Gasteiger partial charge in [0, 0.05) is 6.42 Å². The number of carboxylic acids is 1. The number of aliphatic hydroxyl groups is 1. The number of aromatic amines is 1. The second-order valence-corrected chi connectivity index (χ2v) is 6.90. The number of para-hydroxylation sites is 1. The first-order valence-corrected chi connectivity index (χ1v) is 9.26. The van der Waals surface area contributed by atoms with Crippen LogP contribution in [0.1, 0.15) is 18.5 Å². The maximum atomic E-state index is 13.0. The Morgan fingerprint density at radius 3 is 2.37 bits per heavy atom. The molecule has 3 N–H and O–H groups in total. The summed E-state index contributed by atoms with van der Waals surface area (Å²) in [5, 5.41) is 23.3. The molecule has 9 nitrogen and oxygen atoms in total. The van der Waals surface area contributed by atoms with E-state index in [1.165, 1.54) is 13.0 Å². The van der Waals surface area contributed by atoms with Crippen LogP contribution in [0.25, 0.3) is 10.9 Å². The van der Waals surface area contributed by atoms with E-state index < -0.39 is 41.3 Å². The molecule has 1 aromatic heterocycles. The van der Waals surface area contributed by atoms with Crippen LogP contribution in [0.3, 0.4) is 0 Å². The number of H-pyrrole nitrogens is 1. The first kappa shape index (κ1) is 21.0. The third-order valence-electron chi connectivity index (χ3n) is 4.76. The summed E-state index contributed by atoms with van der Waals surface area (Å²) in [5.74, 6) is -2.59. The van der Waals surface area contributed by atoms with Gasteiger partial charge in [0.05, 0.1) is 29.0 Å². The van der Waals surface area contributed by atoms with Crippen LogP contribution in [0, 0.1) is 0 Å². The smallest absolute Gasteiger partial charge is 0.329 e. The van der Waals surface area contributed by atoms with Crippen LogP contribution >= 0.6 is 0 Å². The zero-order valence-electron chi connectivity index (χ0n) is 16.1. The van der Waals surface area contributed by atoms with Gasteiger partial charge in [-0.05, 0) is 24.6 Å². The number of nitrogens with one attached hydrogen (secondary N) is 2. The SMILES string of the molecule is C[C@H](O)[C@H](NC(=O)[C@H](Cc1ccccc1)n1c(=O)[nH]c2ccccc2c1=O)C(=O)[O-]. The number of aromatic nitrogens is 2. The van der Waals surface area contributed by atoms with Crippen molar-refractivity contribution >= 4 is 22.8 Å².